The van der Waals surface area contributed by atoms with Crippen molar-refractivity contribution in [3.63, 3.8) is 0 Å². The number of hydrogen-bond acceptors (Lipinski definition) is 7. The fourth-order valence-electron chi connectivity index (χ4n) is 2.87. The second-order valence-electron chi connectivity index (χ2n) is 6.33. The molecule has 2 aliphatic rings. The average molecular weight is 513 g/mol. The van der Waals surface area contributed by atoms with Crippen LogP contribution in [-0.2, 0) is 0 Å². The maximum Gasteiger partial charge on any atom is 1.00 e. The SMILES string of the molecule is N#Cc1ccc(N2CCNC2=O)cc1.N#Cc1ccc(N2CCNC2=O)cc1.O=C([O-])[O-].[K+].[K+]. The van der Waals surface area contributed by atoms with Crippen molar-refractivity contribution in [2.75, 3.05) is 36.0 Å². The van der Waals surface area contributed by atoms with E-state index in [0.717, 1.165) is 11.4 Å². The van der Waals surface area contributed by atoms with Crippen molar-refractivity contribution in [2.24, 2.45) is 0 Å². The molecule has 34 heavy (non-hydrogen) atoms. The third-order valence-corrected chi connectivity index (χ3v) is 4.33. The van der Waals surface area contributed by atoms with E-state index in [9.17, 15) is 9.59 Å². The number of benzene rings is 2. The van der Waals surface area contributed by atoms with Gasteiger partial charge in [0.05, 0.1) is 23.3 Å². The van der Waals surface area contributed by atoms with Crippen molar-refractivity contribution in [1.82, 2.24) is 10.6 Å². The minimum atomic E-state index is -2.33. The van der Waals surface area contributed by atoms with Crippen LogP contribution in [0.3, 0.4) is 0 Å². The van der Waals surface area contributed by atoms with Gasteiger partial charge in [0.25, 0.3) is 0 Å². The molecule has 2 fully saturated rings. The molecule has 2 heterocycles. The maximum atomic E-state index is 11.3. The third-order valence-electron chi connectivity index (χ3n) is 4.33. The summed E-state index contributed by atoms with van der Waals surface area (Å²) in [4.78, 5) is 34.2. The zero-order chi connectivity index (χ0) is 23.5. The number of rotatable bonds is 2. The van der Waals surface area contributed by atoms with Crippen molar-refractivity contribution >= 4 is 29.6 Å². The van der Waals surface area contributed by atoms with Crippen LogP contribution in [0.5, 0.6) is 0 Å². The van der Waals surface area contributed by atoms with Crippen molar-refractivity contribution < 1.29 is 127 Å². The predicted octanol–water partition coefficient (Wildman–Crippen LogP) is -6.26. The Morgan fingerprint density at radius 2 is 1.03 bits per heavy atom. The molecular formula is C21H18K2N6O5. The largest absolute Gasteiger partial charge is 1.00 e. The second-order valence-corrected chi connectivity index (χ2v) is 6.33. The fourth-order valence-corrected chi connectivity index (χ4v) is 2.87. The van der Waals surface area contributed by atoms with E-state index >= 15 is 0 Å². The van der Waals surface area contributed by atoms with Crippen LogP contribution in [0, 0.1) is 22.7 Å². The Morgan fingerprint density at radius 1 is 0.735 bits per heavy atom. The molecule has 0 spiro atoms. The van der Waals surface area contributed by atoms with E-state index in [1.54, 1.807) is 58.3 Å². The van der Waals surface area contributed by atoms with Gasteiger partial charge in [-0.05, 0) is 54.7 Å². The summed E-state index contributed by atoms with van der Waals surface area (Å²) in [7, 11) is 0. The number of carbonyl (C=O) groups is 3. The Bertz CT molecular complexity index is 968. The molecule has 2 N–H and O–H groups in total. The van der Waals surface area contributed by atoms with Gasteiger partial charge in [0, 0.05) is 37.6 Å². The van der Waals surface area contributed by atoms with E-state index in [4.69, 9.17) is 25.5 Å². The molecule has 2 saturated heterocycles. The van der Waals surface area contributed by atoms with E-state index in [0.29, 0.717) is 37.3 Å². The molecule has 0 unspecified atom stereocenters. The van der Waals surface area contributed by atoms with Gasteiger partial charge in [-0.1, -0.05) is 0 Å². The van der Waals surface area contributed by atoms with Crippen molar-refractivity contribution in [3.05, 3.63) is 59.7 Å². The van der Waals surface area contributed by atoms with Gasteiger partial charge in [0.1, 0.15) is 0 Å². The molecule has 0 aromatic heterocycles. The number of nitriles is 2. The molecule has 2 aromatic carbocycles. The van der Waals surface area contributed by atoms with E-state index in [-0.39, 0.29) is 115 Å². The van der Waals surface area contributed by atoms with Crippen LogP contribution in [0.25, 0.3) is 0 Å². The van der Waals surface area contributed by atoms with Crippen LogP contribution in [-0.4, -0.2) is 44.4 Å². The summed E-state index contributed by atoms with van der Waals surface area (Å²) in [5, 5.41) is 39.3. The zero-order valence-corrected chi connectivity index (χ0v) is 25.0. The maximum absolute atomic E-state index is 11.3. The number of carboxylic acid groups (broad SMARTS) is 2. The summed E-state index contributed by atoms with van der Waals surface area (Å²) >= 11 is 0. The first-order valence-corrected chi connectivity index (χ1v) is 9.34. The molecule has 0 aliphatic carbocycles. The molecule has 2 aromatic rings. The molecule has 11 nitrogen and oxygen atoms in total. The smallest absolute Gasteiger partial charge is 0.652 e. The molecule has 0 radical (unpaired) electrons. The van der Waals surface area contributed by atoms with Crippen LogP contribution in [0.15, 0.2) is 48.5 Å². The summed E-state index contributed by atoms with van der Waals surface area (Å²) in [6.07, 6.45) is -2.33. The molecule has 164 valence electrons. The van der Waals surface area contributed by atoms with Gasteiger partial charge in [-0.3, -0.25) is 9.80 Å². The van der Waals surface area contributed by atoms with Gasteiger partial charge < -0.3 is 25.6 Å². The molecule has 13 heteroatoms. The van der Waals surface area contributed by atoms with E-state index in [1.165, 1.54) is 0 Å². The molecule has 0 bridgehead atoms. The number of amides is 4. The monoisotopic (exact) mass is 512 g/mol. The number of nitrogens with zero attached hydrogens (tertiary/aromatic N) is 4. The number of urea groups is 2. The van der Waals surface area contributed by atoms with Crippen LogP contribution in [0.4, 0.5) is 25.8 Å². The molecule has 2 aliphatic heterocycles. The molecule has 0 atom stereocenters. The predicted molar refractivity (Wildman–Crippen MR) is 109 cm³/mol. The number of carbonyl (C=O) groups excluding carboxylic acids is 3. The summed E-state index contributed by atoms with van der Waals surface area (Å²) < 4.78 is 0. The van der Waals surface area contributed by atoms with Gasteiger partial charge in [-0.25, -0.2) is 9.59 Å². The van der Waals surface area contributed by atoms with E-state index in [1.807, 2.05) is 12.1 Å². The van der Waals surface area contributed by atoms with Crippen molar-refractivity contribution in [3.8, 4) is 12.1 Å². The number of nitrogens with one attached hydrogen (secondary N) is 2. The van der Waals surface area contributed by atoms with Gasteiger partial charge in [0.15, 0.2) is 0 Å². The van der Waals surface area contributed by atoms with Crippen LogP contribution >= 0.6 is 0 Å². The van der Waals surface area contributed by atoms with Gasteiger partial charge in [0.2, 0.25) is 0 Å². The van der Waals surface area contributed by atoms with Gasteiger partial charge >= 0.3 is 115 Å². The summed E-state index contributed by atoms with van der Waals surface area (Å²) in [6.45, 7) is 2.73. The normalized spacial score (nSPS) is 13.1. The minimum absolute atomic E-state index is 0. The first kappa shape index (κ1) is 32.5. The van der Waals surface area contributed by atoms with Gasteiger partial charge in [-0.15, -0.1) is 0 Å². The topological polar surface area (TPSA) is 175 Å². The second kappa shape index (κ2) is 17.0. The fraction of sp³-hybridized carbons (Fsp3) is 0.190. The standard InChI is InChI=1S/2C10H9N3O.CH2O3.2K/c2*11-7-8-1-3-9(4-2-8)13-6-5-12-10(13)14;2-1(3)4;;/h2*1-4H,5-6H2,(H,12,14);(H2,2,3,4);;/q;;;2*+1/p-2. The quantitative estimate of drug-likeness (QED) is 0.376. The molecule has 4 amide bonds. The first-order valence-electron chi connectivity index (χ1n) is 9.34. The number of anilines is 2. The van der Waals surface area contributed by atoms with Gasteiger partial charge in [-0.2, -0.15) is 10.5 Å². The Kier molecular flexibility index (Phi) is 16.3. The minimum Gasteiger partial charge on any atom is -0.652 e. The Labute approximate surface area is 281 Å². The van der Waals surface area contributed by atoms with E-state index in [2.05, 4.69) is 10.6 Å². The number of hydrogen-bond donors (Lipinski definition) is 2. The third kappa shape index (κ3) is 10.4. The Morgan fingerprint density at radius 3 is 1.24 bits per heavy atom. The summed E-state index contributed by atoms with van der Waals surface area (Å²) in [5.74, 6) is 0. The Hall–Kier alpha value is -1.50. The summed E-state index contributed by atoms with van der Waals surface area (Å²) in [5.41, 5.74) is 2.87. The first-order chi connectivity index (χ1) is 15.3. The Balaban J connectivity index is 0.000000528. The van der Waals surface area contributed by atoms with Crippen LogP contribution < -0.4 is 133 Å². The molecule has 4 rings (SSSR count). The summed E-state index contributed by atoms with van der Waals surface area (Å²) in [6, 6.07) is 17.9. The van der Waals surface area contributed by atoms with E-state index < -0.39 is 6.16 Å². The average Bonchev–Trinajstić information content (AvgIpc) is 3.42. The van der Waals surface area contributed by atoms with Crippen LogP contribution in [0.2, 0.25) is 0 Å². The molecular weight excluding hydrogens is 494 g/mol. The molecule has 0 saturated carbocycles. The zero-order valence-electron chi connectivity index (χ0n) is 18.8. The van der Waals surface area contributed by atoms with Crippen LogP contribution in [0.1, 0.15) is 11.1 Å². The van der Waals surface area contributed by atoms with Crippen molar-refractivity contribution in [2.45, 2.75) is 0 Å². The van der Waals surface area contributed by atoms with Crippen molar-refractivity contribution in [1.29, 1.82) is 10.5 Å².